The quantitative estimate of drug-likeness (QED) is 0.163. The monoisotopic (exact) mass is 941 g/mol. The largest absolute Gasteiger partial charge is 0.311 e. The van der Waals surface area contributed by atoms with E-state index in [1.165, 1.54) is 139 Å². The van der Waals surface area contributed by atoms with Gasteiger partial charge in [-0.2, -0.15) is 0 Å². The summed E-state index contributed by atoms with van der Waals surface area (Å²) in [5, 5.41) is 1.42. The van der Waals surface area contributed by atoms with Crippen LogP contribution in [0.3, 0.4) is 0 Å². The standard InChI is InChI=1S/C66H77BN2S/c1-61(2,3)38-14-18-42(19-15-38)68-54-22-16-40(63(7,8)9)30-53(54)67-58-55(68)31-41(66-34-48-44-26-37-27-45(48)50(36-66)46(28-37)49(44)35-66)32-56(58)69(43-20-21-51-52(33-43)65(12,13)25-24-64(51,10)11)59-47-29-39(62(4,5)6)17-23-57(47)70-60(59)67/h14-23,29-33,37,44-46,48-50H,24-28,34-36H2,1-13H3/t37?,44-,45-,46?,48?,49?,50?,66-/m0/s1. The Balaban J connectivity index is 1.09. The molecule has 0 saturated heterocycles. The molecule has 8 bridgehead atoms. The first kappa shape index (κ1) is 44.4. The van der Waals surface area contributed by atoms with Crippen LogP contribution in [0.5, 0.6) is 0 Å². The number of fused-ring (bicyclic) bond motifs is 7. The maximum absolute atomic E-state index is 2.85. The Morgan fingerprint density at radius 1 is 0.514 bits per heavy atom. The number of benzene rings is 5. The van der Waals surface area contributed by atoms with Gasteiger partial charge < -0.3 is 9.80 Å². The molecule has 10 aliphatic rings. The first-order chi connectivity index (χ1) is 33.0. The molecule has 5 aromatic carbocycles. The Hall–Kier alpha value is -4.28. The van der Waals surface area contributed by atoms with Crippen LogP contribution < -0.4 is 25.5 Å². The van der Waals surface area contributed by atoms with Crippen molar-refractivity contribution < 1.29 is 0 Å². The average Bonchev–Trinajstić information content (AvgIpc) is 3.69. The first-order valence-corrected chi connectivity index (χ1v) is 28.6. The van der Waals surface area contributed by atoms with Gasteiger partial charge in [-0.25, -0.2) is 0 Å². The van der Waals surface area contributed by atoms with Crippen molar-refractivity contribution in [2.45, 2.75) is 174 Å². The van der Waals surface area contributed by atoms with E-state index in [0.717, 1.165) is 41.4 Å². The summed E-state index contributed by atoms with van der Waals surface area (Å²) < 4.78 is 2.90. The fraction of sp³-hybridized carbons (Fsp3) is 0.515. The maximum Gasteiger partial charge on any atom is 0.264 e. The summed E-state index contributed by atoms with van der Waals surface area (Å²) in [5.41, 5.74) is 20.7. The molecule has 0 radical (unpaired) electrons. The van der Waals surface area contributed by atoms with E-state index in [1.807, 2.05) is 0 Å². The molecule has 2 aliphatic heterocycles. The summed E-state index contributed by atoms with van der Waals surface area (Å²) in [6.07, 6.45) is 11.2. The van der Waals surface area contributed by atoms with Crippen LogP contribution in [0.2, 0.25) is 0 Å². The molecule has 8 aliphatic carbocycles. The molecule has 6 aromatic rings. The molecule has 0 N–H and O–H groups in total. The Bertz CT molecular complexity index is 3140. The van der Waals surface area contributed by atoms with Gasteiger partial charge in [-0.15, -0.1) is 11.3 Å². The van der Waals surface area contributed by atoms with Gasteiger partial charge in [0.2, 0.25) is 0 Å². The van der Waals surface area contributed by atoms with Gasteiger partial charge in [0.25, 0.3) is 6.71 Å². The molecule has 16 rings (SSSR count). The summed E-state index contributed by atoms with van der Waals surface area (Å²) in [4.78, 5) is 5.59. The van der Waals surface area contributed by atoms with Crippen molar-refractivity contribution in [3.05, 3.63) is 124 Å². The lowest BCUT2D eigenvalue weighted by Crippen LogP contribution is -2.66. The van der Waals surface area contributed by atoms with E-state index >= 15 is 0 Å². The highest BCUT2D eigenvalue weighted by molar-refractivity contribution is 7.33. The second kappa shape index (κ2) is 14.1. The summed E-state index contributed by atoms with van der Waals surface area (Å²) in [5.74, 6) is 6.68. The van der Waals surface area contributed by atoms with E-state index in [9.17, 15) is 0 Å². The third-order valence-electron chi connectivity index (χ3n) is 21.1. The number of rotatable bonds is 3. The summed E-state index contributed by atoms with van der Waals surface area (Å²) in [6.45, 7) is 31.5. The fourth-order valence-corrected chi connectivity index (χ4v) is 18.7. The van der Waals surface area contributed by atoms with Gasteiger partial charge in [-0.1, -0.05) is 126 Å². The lowest BCUT2D eigenvalue weighted by molar-refractivity contribution is -0.212. The Morgan fingerprint density at radius 2 is 1.04 bits per heavy atom. The summed E-state index contributed by atoms with van der Waals surface area (Å²) in [7, 11) is 0. The maximum atomic E-state index is 2.85. The van der Waals surface area contributed by atoms with Gasteiger partial charge >= 0.3 is 0 Å². The molecule has 70 heavy (non-hydrogen) atoms. The third-order valence-corrected chi connectivity index (χ3v) is 22.3. The molecule has 1 aromatic heterocycles. The van der Waals surface area contributed by atoms with Gasteiger partial charge in [-0.3, -0.25) is 0 Å². The van der Waals surface area contributed by atoms with Crippen LogP contribution in [-0.2, 0) is 32.5 Å². The molecule has 7 fully saturated rings. The molecular weight excluding hydrogens is 864 g/mol. The Kier molecular flexibility index (Phi) is 8.92. The molecule has 0 atom stereocenters. The topological polar surface area (TPSA) is 6.48 Å². The SMILES string of the molecule is CC(C)(C)c1ccc(N2c3ccc(C(C)(C)C)cc3B3c4sc5ccc(C(C)(C)C)cc5c4N(c4ccc5c(c4)C(C)(C)CCC5(C)C)c4cc([C@]56CC7C8CC9C[C@H]7C(C5)[C@H](C9)C8C6)cc2c43)cc1. The third kappa shape index (κ3) is 6.10. The predicted octanol–water partition coefficient (Wildman–Crippen LogP) is 16.2. The van der Waals surface area contributed by atoms with Gasteiger partial charge in [0.1, 0.15) is 0 Å². The Morgan fingerprint density at radius 3 is 1.64 bits per heavy atom. The van der Waals surface area contributed by atoms with Gasteiger partial charge in [0.05, 0.1) is 5.69 Å². The normalized spacial score (nSPS) is 29.4. The van der Waals surface area contributed by atoms with Gasteiger partial charge in [-0.05, 0) is 224 Å². The summed E-state index contributed by atoms with van der Waals surface area (Å²) in [6, 6.07) is 38.3. The average molecular weight is 941 g/mol. The highest BCUT2D eigenvalue weighted by atomic mass is 32.1. The molecular formula is C66H77BN2S. The molecule has 7 saturated carbocycles. The van der Waals surface area contributed by atoms with Crippen LogP contribution in [0.4, 0.5) is 34.1 Å². The molecule has 4 heteroatoms. The van der Waals surface area contributed by atoms with Crippen molar-refractivity contribution in [2.24, 2.45) is 41.4 Å². The zero-order valence-corrected chi connectivity index (χ0v) is 45.6. The van der Waals surface area contributed by atoms with E-state index in [-0.39, 0.29) is 39.2 Å². The molecule has 360 valence electrons. The second-order valence-electron chi connectivity index (χ2n) is 29.1. The summed E-state index contributed by atoms with van der Waals surface area (Å²) >= 11 is 2.07. The minimum Gasteiger partial charge on any atom is -0.311 e. The van der Waals surface area contributed by atoms with E-state index < -0.39 is 0 Å². The van der Waals surface area contributed by atoms with Crippen molar-refractivity contribution in [1.82, 2.24) is 0 Å². The number of thiophene rings is 1. The van der Waals surface area contributed by atoms with Crippen molar-refractivity contribution in [1.29, 1.82) is 0 Å². The highest BCUT2D eigenvalue weighted by Gasteiger charge is 2.68. The first-order valence-electron chi connectivity index (χ1n) is 27.7. The van der Waals surface area contributed by atoms with Crippen molar-refractivity contribution in [3.63, 3.8) is 0 Å². The van der Waals surface area contributed by atoms with Crippen LogP contribution in [0, 0.1) is 41.4 Å². The number of nitrogens with zero attached hydrogens (tertiary/aromatic N) is 2. The highest BCUT2D eigenvalue weighted by Crippen LogP contribution is 2.75. The number of hydrogen-bond donors (Lipinski definition) is 0. The van der Waals surface area contributed by atoms with Crippen LogP contribution >= 0.6 is 11.3 Å². The predicted molar refractivity (Wildman–Crippen MR) is 301 cm³/mol. The molecule has 0 spiro atoms. The van der Waals surface area contributed by atoms with Crippen LogP contribution in [0.1, 0.15) is 175 Å². The zero-order valence-electron chi connectivity index (χ0n) is 44.7. The van der Waals surface area contributed by atoms with E-state index in [1.54, 1.807) is 5.56 Å². The number of anilines is 6. The van der Waals surface area contributed by atoms with Crippen molar-refractivity contribution in [3.8, 4) is 0 Å². The van der Waals surface area contributed by atoms with Crippen LogP contribution in [0.15, 0.2) is 91.0 Å². The molecule has 3 heterocycles. The second-order valence-corrected chi connectivity index (χ2v) is 30.2. The minimum absolute atomic E-state index is 0.00740. The number of hydrogen-bond acceptors (Lipinski definition) is 3. The molecule has 0 unspecified atom stereocenters. The van der Waals surface area contributed by atoms with E-state index in [2.05, 4.69) is 202 Å². The van der Waals surface area contributed by atoms with Crippen molar-refractivity contribution in [2.75, 3.05) is 9.80 Å². The smallest absolute Gasteiger partial charge is 0.264 e. The lowest BCUT2D eigenvalue weighted by Gasteiger charge is -2.72. The van der Waals surface area contributed by atoms with E-state index in [4.69, 9.17) is 0 Å². The van der Waals surface area contributed by atoms with Crippen molar-refractivity contribution >= 4 is 78.0 Å². The lowest BCUT2D eigenvalue weighted by atomic mass is 9.32. The van der Waals surface area contributed by atoms with E-state index in [0.29, 0.717) is 0 Å². The molecule has 2 nitrogen and oxygen atoms in total. The van der Waals surface area contributed by atoms with Crippen LogP contribution in [-0.4, -0.2) is 6.71 Å². The zero-order chi connectivity index (χ0) is 48.6. The minimum atomic E-state index is 0.00740. The van der Waals surface area contributed by atoms with Gasteiger partial charge in [0.15, 0.2) is 0 Å². The van der Waals surface area contributed by atoms with Crippen LogP contribution in [0.25, 0.3) is 10.1 Å². The molecule has 0 amide bonds. The fourth-order valence-electron chi connectivity index (χ4n) is 17.4. The van der Waals surface area contributed by atoms with Gasteiger partial charge in [0, 0.05) is 43.3 Å². The Labute approximate surface area is 425 Å².